The monoisotopic (exact) mass is 147 g/mol. The summed E-state index contributed by atoms with van der Waals surface area (Å²) < 4.78 is 17.8. The Morgan fingerprint density at radius 3 is 2.67 bits per heavy atom. The number of likely N-dealkylation sites (N-methyl/N-ethyl adjacent to an activating group) is 1. The molecule has 1 aliphatic heterocycles. The van der Waals surface area contributed by atoms with Gasteiger partial charge in [0.15, 0.2) is 0 Å². The van der Waals surface area contributed by atoms with Gasteiger partial charge in [-0.15, -0.1) is 0 Å². The van der Waals surface area contributed by atoms with Crippen molar-refractivity contribution in [2.24, 2.45) is 0 Å². The van der Waals surface area contributed by atoms with Crippen LogP contribution in [0.25, 0.3) is 0 Å². The van der Waals surface area contributed by atoms with Crippen LogP contribution in [0.1, 0.15) is 0 Å². The normalized spacial score (nSPS) is 35.8. The molecule has 0 aromatic heterocycles. The Hall–Kier alpha value is -0.110. The molecule has 52 valence electrons. The molecule has 0 aromatic carbocycles. The topological polar surface area (TPSA) is 29.5 Å². The Bertz CT molecular complexity index is 178. The Morgan fingerprint density at radius 1 is 1.78 bits per heavy atom. The van der Waals surface area contributed by atoms with Gasteiger partial charge in [-0.25, -0.2) is 4.67 Å². The number of nitrogens with zero attached hydrogens (tertiary/aromatic N) is 1. The zero-order valence-corrected chi connectivity index (χ0v) is 6.47. The van der Waals surface area contributed by atoms with Crippen LogP contribution in [0.5, 0.6) is 0 Å². The van der Waals surface area contributed by atoms with Crippen LogP contribution in [0, 0.1) is 0 Å². The molecule has 0 N–H and O–H groups in total. The van der Waals surface area contributed by atoms with Gasteiger partial charge < -0.3 is 4.52 Å². The highest BCUT2D eigenvalue weighted by Gasteiger charge is 2.27. The van der Waals surface area contributed by atoms with Gasteiger partial charge in [0, 0.05) is 19.5 Å². The van der Waals surface area contributed by atoms with E-state index in [2.05, 4.69) is 0 Å². The largest absolute Gasteiger partial charge is 0.318 e. The average molecular weight is 147 g/mol. The zero-order valence-electron chi connectivity index (χ0n) is 5.57. The molecule has 0 amide bonds. The van der Waals surface area contributed by atoms with Gasteiger partial charge in [-0.2, -0.15) is 0 Å². The van der Waals surface area contributed by atoms with Crippen molar-refractivity contribution in [3.63, 3.8) is 0 Å². The summed E-state index contributed by atoms with van der Waals surface area (Å²) in [5, 5.41) is 0. The van der Waals surface area contributed by atoms with Gasteiger partial charge in [-0.1, -0.05) is 6.08 Å². The molecule has 1 rings (SSSR count). The fourth-order valence-corrected chi connectivity index (χ4v) is 2.07. The fraction of sp³-hybridized carbons (Fsp3) is 0.600. The summed E-state index contributed by atoms with van der Waals surface area (Å²) in [5.41, 5.74) is 0. The fourth-order valence-electron chi connectivity index (χ4n) is 0.761. The standard InChI is InChI=1S/C5H10NO2P/c1-6-4-3-5-9(6,7)8-2/h3,5H,4H2,1-2H3. The zero-order chi connectivity index (χ0) is 6.91. The summed E-state index contributed by atoms with van der Waals surface area (Å²) in [6.45, 7) is 0.727. The SMILES string of the molecule is COP1(=O)C=CCN1C. The molecule has 4 heteroatoms. The molecular formula is C5H10NO2P. The quantitative estimate of drug-likeness (QED) is 0.523. The van der Waals surface area contributed by atoms with Crippen molar-refractivity contribution < 1.29 is 9.09 Å². The van der Waals surface area contributed by atoms with Gasteiger partial charge in [0.1, 0.15) is 0 Å². The van der Waals surface area contributed by atoms with Gasteiger partial charge in [0.2, 0.25) is 0 Å². The molecule has 0 aromatic rings. The average Bonchev–Trinajstić information content (AvgIpc) is 2.15. The predicted molar refractivity (Wildman–Crippen MR) is 36.4 cm³/mol. The third kappa shape index (κ3) is 1.08. The van der Waals surface area contributed by atoms with Crippen LogP contribution in [-0.4, -0.2) is 25.4 Å². The van der Waals surface area contributed by atoms with Crippen LogP contribution < -0.4 is 0 Å². The van der Waals surface area contributed by atoms with E-state index in [1.54, 1.807) is 17.5 Å². The molecule has 0 radical (unpaired) electrons. The van der Waals surface area contributed by atoms with E-state index in [4.69, 9.17) is 4.52 Å². The lowest BCUT2D eigenvalue weighted by molar-refractivity contribution is 0.353. The van der Waals surface area contributed by atoms with E-state index in [0.717, 1.165) is 6.54 Å². The minimum Gasteiger partial charge on any atom is -0.318 e. The summed E-state index contributed by atoms with van der Waals surface area (Å²) in [6, 6.07) is 0. The highest BCUT2D eigenvalue weighted by Crippen LogP contribution is 2.53. The Kier molecular flexibility index (Phi) is 1.75. The van der Waals surface area contributed by atoms with Crippen LogP contribution in [0.4, 0.5) is 0 Å². The third-order valence-corrected chi connectivity index (χ3v) is 3.63. The molecule has 1 aliphatic rings. The van der Waals surface area contributed by atoms with Crippen molar-refractivity contribution in [1.82, 2.24) is 4.67 Å². The molecule has 1 unspecified atom stereocenters. The maximum Gasteiger partial charge on any atom is 0.294 e. The highest BCUT2D eigenvalue weighted by molar-refractivity contribution is 7.60. The van der Waals surface area contributed by atoms with Crippen LogP contribution in [0.3, 0.4) is 0 Å². The highest BCUT2D eigenvalue weighted by atomic mass is 31.2. The summed E-state index contributed by atoms with van der Waals surface area (Å²) in [7, 11) is 0.758. The lowest BCUT2D eigenvalue weighted by Crippen LogP contribution is -2.09. The van der Waals surface area contributed by atoms with Gasteiger partial charge in [0.25, 0.3) is 7.52 Å². The molecule has 3 nitrogen and oxygen atoms in total. The molecular weight excluding hydrogens is 137 g/mol. The van der Waals surface area contributed by atoms with Gasteiger partial charge >= 0.3 is 0 Å². The van der Waals surface area contributed by atoms with Crippen molar-refractivity contribution in [3.05, 3.63) is 11.9 Å². The summed E-state index contributed by atoms with van der Waals surface area (Å²) in [5.74, 6) is 1.63. The molecule has 0 spiro atoms. The van der Waals surface area contributed by atoms with E-state index < -0.39 is 7.52 Å². The maximum absolute atomic E-state index is 11.3. The maximum atomic E-state index is 11.3. The van der Waals surface area contributed by atoms with Crippen LogP contribution >= 0.6 is 7.52 Å². The van der Waals surface area contributed by atoms with Crippen molar-refractivity contribution in [1.29, 1.82) is 0 Å². The predicted octanol–water partition coefficient (Wildman–Crippen LogP) is 1.28. The van der Waals surface area contributed by atoms with Gasteiger partial charge in [-0.3, -0.25) is 4.57 Å². The lowest BCUT2D eigenvalue weighted by Gasteiger charge is -2.16. The number of rotatable bonds is 1. The van der Waals surface area contributed by atoms with E-state index in [0.29, 0.717) is 0 Å². The first-order valence-corrected chi connectivity index (χ1v) is 4.38. The smallest absolute Gasteiger partial charge is 0.294 e. The van der Waals surface area contributed by atoms with E-state index in [-0.39, 0.29) is 0 Å². The second-order valence-corrected chi connectivity index (χ2v) is 4.45. The van der Waals surface area contributed by atoms with E-state index in [1.165, 1.54) is 7.11 Å². The molecule has 1 atom stereocenters. The first kappa shape index (κ1) is 7.00. The summed E-state index contributed by atoms with van der Waals surface area (Å²) in [4.78, 5) is 0. The third-order valence-electron chi connectivity index (χ3n) is 1.40. The van der Waals surface area contributed by atoms with Gasteiger partial charge in [0.05, 0.1) is 0 Å². The van der Waals surface area contributed by atoms with E-state index in [1.807, 2.05) is 6.08 Å². The minimum absolute atomic E-state index is 0.727. The van der Waals surface area contributed by atoms with Crippen molar-refractivity contribution in [2.75, 3.05) is 20.7 Å². The molecule has 0 saturated heterocycles. The second-order valence-electron chi connectivity index (χ2n) is 1.97. The first-order chi connectivity index (χ1) is 4.19. The number of hydrogen-bond donors (Lipinski definition) is 0. The van der Waals surface area contributed by atoms with Crippen LogP contribution in [0.2, 0.25) is 0 Å². The lowest BCUT2D eigenvalue weighted by atomic mass is 10.6. The van der Waals surface area contributed by atoms with Gasteiger partial charge in [-0.05, 0) is 7.05 Å². The van der Waals surface area contributed by atoms with Crippen molar-refractivity contribution in [2.45, 2.75) is 0 Å². The Labute approximate surface area is 54.8 Å². The Balaban J connectivity index is 2.79. The minimum atomic E-state index is -2.49. The van der Waals surface area contributed by atoms with E-state index in [9.17, 15) is 4.57 Å². The number of hydrogen-bond acceptors (Lipinski definition) is 2. The molecule has 1 heterocycles. The molecule has 0 fully saturated rings. The molecule has 9 heavy (non-hydrogen) atoms. The van der Waals surface area contributed by atoms with E-state index >= 15 is 0 Å². The van der Waals surface area contributed by atoms with Crippen LogP contribution in [-0.2, 0) is 9.09 Å². The van der Waals surface area contributed by atoms with Crippen molar-refractivity contribution >= 4 is 7.52 Å². The van der Waals surface area contributed by atoms with Crippen molar-refractivity contribution in [3.8, 4) is 0 Å². The molecule has 0 saturated carbocycles. The first-order valence-electron chi connectivity index (χ1n) is 2.74. The molecule has 0 bridgehead atoms. The second kappa shape index (κ2) is 2.25. The Morgan fingerprint density at radius 2 is 2.44 bits per heavy atom. The van der Waals surface area contributed by atoms with Crippen LogP contribution in [0.15, 0.2) is 11.9 Å². The summed E-state index contributed by atoms with van der Waals surface area (Å²) in [6.07, 6.45) is 1.85. The summed E-state index contributed by atoms with van der Waals surface area (Å²) >= 11 is 0. The molecule has 0 aliphatic carbocycles.